The van der Waals surface area contributed by atoms with Gasteiger partial charge in [0.05, 0.1) is 18.1 Å². The zero-order valence-electron chi connectivity index (χ0n) is 10.6. The maximum atomic E-state index is 10.7. The van der Waals surface area contributed by atoms with E-state index in [4.69, 9.17) is 9.47 Å². The molecule has 0 unspecified atom stereocenters. The summed E-state index contributed by atoms with van der Waals surface area (Å²) in [6.07, 6.45) is 1.61. The topological polar surface area (TPSA) is 74.5 Å². The van der Waals surface area contributed by atoms with Crippen LogP contribution in [0.5, 0.6) is 17.4 Å². The smallest absolute Gasteiger partial charge is 0.273 e. The normalized spacial score (nSPS) is 10.1. The molecular weight excluding hydrogens is 328 g/mol. The maximum Gasteiger partial charge on any atom is 0.273 e. The first-order chi connectivity index (χ1) is 9.65. The second-order valence-corrected chi connectivity index (χ2v) is 4.36. The fourth-order valence-electron chi connectivity index (χ4n) is 1.58. The molecule has 2 aromatic rings. The highest BCUT2D eigenvalue weighted by atomic mass is 79.9. The van der Waals surface area contributed by atoms with Crippen LogP contribution in [0.15, 0.2) is 36.5 Å². The van der Waals surface area contributed by atoms with E-state index in [2.05, 4.69) is 20.9 Å². The number of halogens is 1. The lowest BCUT2D eigenvalue weighted by atomic mass is 10.2. The van der Waals surface area contributed by atoms with Gasteiger partial charge in [-0.25, -0.2) is 4.98 Å². The van der Waals surface area contributed by atoms with Crippen LogP contribution in [0.3, 0.4) is 0 Å². The lowest BCUT2D eigenvalue weighted by Crippen LogP contribution is -1.96. The van der Waals surface area contributed by atoms with Gasteiger partial charge in [0.25, 0.3) is 5.69 Å². The number of nitro benzene ring substituents is 1. The quantitative estimate of drug-likeness (QED) is 0.472. The lowest BCUT2D eigenvalue weighted by molar-refractivity contribution is -0.384. The number of nitrogens with zero attached hydrogens (tertiary/aromatic N) is 2. The molecular formula is C13H11BrN2O4. The molecule has 0 aliphatic heterocycles. The van der Waals surface area contributed by atoms with Crippen molar-refractivity contribution in [2.75, 3.05) is 7.11 Å². The van der Waals surface area contributed by atoms with Crippen LogP contribution < -0.4 is 9.47 Å². The number of aromatic nitrogens is 1. The molecule has 0 N–H and O–H groups in total. The molecule has 1 heterocycles. The summed E-state index contributed by atoms with van der Waals surface area (Å²) < 4.78 is 10.8. The summed E-state index contributed by atoms with van der Waals surface area (Å²) in [6, 6.07) is 7.83. The lowest BCUT2D eigenvalue weighted by Gasteiger charge is -2.11. The van der Waals surface area contributed by atoms with Crippen LogP contribution in [0.4, 0.5) is 5.69 Å². The minimum absolute atomic E-state index is 0.0593. The largest absolute Gasteiger partial charge is 0.493 e. The Labute approximate surface area is 123 Å². The third-order valence-electron chi connectivity index (χ3n) is 2.56. The highest BCUT2D eigenvalue weighted by Crippen LogP contribution is 2.35. The first-order valence-corrected chi connectivity index (χ1v) is 6.78. The van der Waals surface area contributed by atoms with E-state index in [0.717, 1.165) is 5.56 Å². The Bertz CT molecular complexity index is 634. The monoisotopic (exact) mass is 338 g/mol. The van der Waals surface area contributed by atoms with Gasteiger partial charge >= 0.3 is 0 Å². The van der Waals surface area contributed by atoms with Gasteiger partial charge < -0.3 is 9.47 Å². The van der Waals surface area contributed by atoms with Gasteiger partial charge in [-0.2, -0.15) is 0 Å². The number of ether oxygens (including phenoxy) is 2. The first-order valence-electron chi connectivity index (χ1n) is 5.66. The SMILES string of the molecule is COc1cc([N+](=O)[O-])ccc1Oc1ncccc1CBr. The van der Waals surface area contributed by atoms with E-state index in [0.29, 0.717) is 17.0 Å². The van der Waals surface area contributed by atoms with Crippen molar-refractivity contribution in [1.82, 2.24) is 4.98 Å². The number of benzene rings is 1. The van der Waals surface area contributed by atoms with Crippen LogP contribution >= 0.6 is 15.9 Å². The van der Waals surface area contributed by atoms with Gasteiger partial charge in [0, 0.05) is 23.2 Å². The Balaban J connectivity index is 2.36. The molecule has 104 valence electrons. The van der Waals surface area contributed by atoms with E-state index in [-0.39, 0.29) is 11.4 Å². The highest BCUT2D eigenvalue weighted by Gasteiger charge is 2.14. The summed E-state index contributed by atoms with van der Waals surface area (Å²) in [5.41, 5.74) is 0.809. The van der Waals surface area contributed by atoms with Gasteiger partial charge in [-0.15, -0.1) is 0 Å². The fraction of sp³-hybridized carbons (Fsp3) is 0.154. The zero-order chi connectivity index (χ0) is 14.5. The zero-order valence-corrected chi connectivity index (χ0v) is 12.2. The number of hydrogen-bond donors (Lipinski definition) is 0. The molecule has 1 aromatic heterocycles. The van der Waals surface area contributed by atoms with Crippen LogP contribution in [0.25, 0.3) is 0 Å². The van der Waals surface area contributed by atoms with Crippen molar-refractivity contribution in [1.29, 1.82) is 0 Å². The average molecular weight is 339 g/mol. The van der Waals surface area contributed by atoms with Gasteiger partial charge in [0.1, 0.15) is 0 Å². The number of hydrogen-bond acceptors (Lipinski definition) is 5. The molecule has 2 rings (SSSR count). The molecule has 0 radical (unpaired) electrons. The summed E-state index contributed by atoms with van der Waals surface area (Å²) in [5, 5.41) is 11.3. The molecule has 0 atom stereocenters. The molecule has 20 heavy (non-hydrogen) atoms. The second-order valence-electron chi connectivity index (χ2n) is 3.80. The van der Waals surface area contributed by atoms with Crippen molar-refractivity contribution in [2.24, 2.45) is 0 Å². The Morgan fingerprint density at radius 3 is 2.80 bits per heavy atom. The minimum Gasteiger partial charge on any atom is -0.493 e. The van der Waals surface area contributed by atoms with E-state index in [1.165, 1.54) is 25.3 Å². The Hall–Kier alpha value is -2.15. The number of alkyl halides is 1. The van der Waals surface area contributed by atoms with E-state index >= 15 is 0 Å². The van der Waals surface area contributed by atoms with Crippen LogP contribution in [0.1, 0.15) is 5.56 Å². The molecule has 0 bridgehead atoms. The summed E-state index contributed by atoms with van der Waals surface area (Å²) in [4.78, 5) is 14.4. The van der Waals surface area contributed by atoms with Gasteiger partial charge in [-0.05, 0) is 12.1 Å². The first kappa shape index (κ1) is 14.3. The summed E-state index contributed by atoms with van der Waals surface area (Å²) in [6.45, 7) is 0. The van der Waals surface area contributed by atoms with Crippen LogP contribution in [0, 0.1) is 10.1 Å². The standard InChI is InChI=1S/C13H11BrN2O4/c1-19-12-7-10(16(17)18)4-5-11(12)20-13-9(8-14)3-2-6-15-13/h2-7H,8H2,1H3. The van der Waals surface area contributed by atoms with Crippen molar-refractivity contribution in [3.05, 3.63) is 52.2 Å². The number of non-ortho nitro benzene ring substituents is 1. The average Bonchev–Trinajstić information content (AvgIpc) is 2.48. The van der Waals surface area contributed by atoms with Crippen molar-refractivity contribution in [3.8, 4) is 17.4 Å². The van der Waals surface area contributed by atoms with Gasteiger partial charge in [0.15, 0.2) is 11.5 Å². The van der Waals surface area contributed by atoms with Crippen molar-refractivity contribution in [2.45, 2.75) is 5.33 Å². The summed E-state index contributed by atoms with van der Waals surface area (Å²) in [5.74, 6) is 1.08. The maximum absolute atomic E-state index is 10.7. The van der Waals surface area contributed by atoms with Crippen molar-refractivity contribution < 1.29 is 14.4 Å². The third-order valence-corrected chi connectivity index (χ3v) is 3.16. The van der Waals surface area contributed by atoms with E-state index in [1.807, 2.05) is 6.07 Å². The summed E-state index contributed by atoms with van der Waals surface area (Å²) in [7, 11) is 1.43. The Morgan fingerprint density at radius 2 is 2.15 bits per heavy atom. The second kappa shape index (κ2) is 6.33. The molecule has 0 saturated carbocycles. The molecule has 0 saturated heterocycles. The van der Waals surface area contributed by atoms with Gasteiger partial charge in [-0.1, -0.05) is 22.0 Å². The fourth-order valence-corrected chi connectivity index (χ4v) is 2.00. The van der Waals surface area contributed by atoms with Crippen molar-refractivity contribution >= 4 is 21.6 Å². The molecule has 0 amide bonds. The van der Waals surface area contributed by atoms with Crippen molar-refractivity contribution in [3.63, 3.8) is 0 Å². The highest BCUT2D eigenvalue weighted by molar-refractivity contribution is 9.08. The van der Waals surface area contributed by atoms with E-state index < -0.39 is 4.92 Å². The number of nitro groups is 1. The van der Waals surface area contributed by atoms with Gasteiger partial charge in [-0.3, -0.25) is 10.1 Å². The Morgan fingerprint density at radius 1 is 1.35 bits per heavy atom. The minimum atomic E-state index is -0.489. The van der Waals surface area contributed by atoms with Gasteiger partial charge in [0.2, 0.25) is 5.88 Å². The molecule has 1 aromatic carbocycles. The Kier molecular flexibility index (Phi) is 4.52. The molecule has 0 aliphatic rings. The molecule has 0 spiro atoms. The number of pyridine rings is 1. The summed E-state index contributed by atoms with van der Waals surface area (Å²) >= 11 is 3.35. The number of methoxy groups -OCH3 is 1. The number of rotatable bonds is 5. The van der Waals surface area contributed by atoms with E-state index in [9.17, 15) is 10.1 Å². The predicted molar refractivity (Wildman–Crippen MR) is 76.6 cm³/mol. The van der Waals surface area contributed by atoms with E-state index in [1.54, 1.807) is 12.3 Å². The van der Waals surface area contributed by atoms with Crippen LogP contribution in [0.2, 0.25) is 0 Å². The molecule has 0 fully saturated rings. The molecule has 6 nitrogen and oxygen atoms in total. The van der Waals surface area contributed by atoms with Crippen LogP contribution in [-0.2, 0) is 5.33 Å². The predicted octanol–water partition coefficient (Wildman–Crippen LogP) is 3.69. The molecule has 0 aliphatic carbocycles. The third kappa shape index (κ3) is 3.05. The van der Waals surface area contributed by atoms with Crippen LogP contribution in [-0.4, -0.2) is 17.0 Å². The molecule has 7 heteroatoms.